The van der Waals surface area contributed by atoms with Gasteiger partial charge in [0.05, 0.1) is 19.3 Å². The van der Waals surface area contributed by atoms with Gasteiger partial charge in [0, 0.05) is 12.3 Å². The Hall–Kier alpha value is -0.120. The maximum absolute atomic E-state index is 10.1. The Morgan fingerprint density at radius 1 is 1.00 bits per heavy atom. The van der Waals surface area contributed by atoms with Crippen molar-refractivity contribution in [3.8, 4) is 0 Å². The van der Waals surface area contributed by atoms with Gasteiger partial charge in [0.2, 0.25) is 0 Å². The minimum Gasteiger partial charge on any atom is -0.393 e. The molecule has 3 nitrogen and oxygen atoms in total. The van der Waals surface area contributed by atoms with Crippen molar-refractivity contribution >= 4 is 0 Å². The molecule has 2 saturated carbocycles. The number of ether oxygens (including phenoxy) is 2. The van der Waals surface area contributed by atoms with Gasteiger partial charge in [-0.2, -0.15) is 0 Å². The summed E-state index contributed by atoms with van der Waals surface area (Å²) >= 11 is 0. The van der Waals surface area contributed by atoms with Crippen molar-refractivity contribution in [3.05, 3.63) is 0 Å². The number of fused-ring (bicyclic) bond motifs is 2. The largest absolute Gasteiger partial charge is 0.393 e. The third-order valence-electron chi connectivity index (χ3n) is 4.39. The average Bonchev–Trinajstić information content (AvgIpc) is 2.76. The smallest absolute Gasteiger partial charge is 0.174 e. The first kappa shape index (κ1) is 10.1. The summed E-state index contributed by atoms with van der Waals surface area (Å²) in [5.74, 6) is 0.444. The number of hydrogen-bond acceptors (Lipinski definition) is 3. The molecule has 0 aromatic heterocycles. The van der Waals surface area contributed by atoms with Crippen molar-refractivity contribution in [2.75, 3.05) is 13.2 Å². The number of hydrogen-bond donors (Lipinski definition) is 1. The van der Waals surface area contributed by atoms with Gasteiger partial charge < -0.3 is 14.6 Å². The average molecular weight is 212 g/mol. The maximum atomic E-state index is 10.1. The molecule has 1 saturated heterocycles. The molecule has 0 unspecified atom stereocenters. The van der Waals surface area contributed by atoms with Gasteiger partial charge in [-0.3, -0.25) is 0 Å². The number of aliphatic hydroxyl groups excluding tert-OH is 1. The molecule has 3 aliphatic rings. The lowest BCUT2D eigenvalue weighted by molar-refractivity contribution is -0.220. The van der Waals surface area contributed by atoms with E-state index >= 15 is 0 Å². The maximum Gasteiger partial charge on any atom is 0.174 e. The van der Waals surface area contributed by atoms with Crippen molar-refractivity contribution in [3.63, 3.8) is 0 Å². The van der Waals surface area contributed by atoms with E-state index in [4.69, 9.17) is 9.47 Å². The van der Waals surface area contributed by atoms with E-state index in [9.17, 15) is 5.11 Å². The standard InChI is InChI=1S/C12H20O3/c13-10-5-4-9-3-1-2-6-12(11(9)10)14-7-8-15-12/h9-11,13H,1-8H2/t9-,10-,11-/m0/s1. The topological polar surface area (TPSA) is 38.7 Å². The van der Waals surface area contributed by atoms with E-state index in [2.05, 4.69) is 0 Å². The van der Waals surface area contributed by atoms with Crippen LogP contribution in [0.4, 0.5) is 0 Å². The summed E-state index contributed by atoms with van der Waals surface area (Å²) in [4.78, 5) is 0. The zero-order valence-corrected chi connectivity index (χ0v) is 9.15. The van der Waals surface area contributed by atoms with Crippen LogP contribution in [0.3, 0.4) is 0 Å². The van der Waals surface area contributed by atoms with E-state index in [1.54, 1.807) is 0 Å². The molecule has 1 aliphatic heterocycles. The molecular formula is C12H20O3. The fraction of sp³-hybridized carbons (Fsp3) is 1.00. The highest BCUT2D eigenvalue weighted by molar-refractivity contribution is 4.97. The van der Waals surface area contributed by atoms with Crippen molar-refractivity contribution in [2.24, 2.45) is 11.8 Å². The first-order valence-electron chi connectivity index (χ1n) is 6.28. The highest BCUT2D eigenvalue weighted by Crippen LogP contribution is 2.49. The minimum atomic E-state index is -0.420. The monoisotopic (exact) mass is 212 g/mol. The first-order valence-corrected chi connectivity index (χ1v) is 6.28. The first-order chi connectivity index (χ1) is 7.32. The van der Waals surface area contributed by atoms with Crippen LogP contribution in [0, 0.1) is 11.8 Å². The highest BCUT2D eigenvalue weighted by Gasteiger charge is 2.53. The summed E-state index contributed by atoms with van der Waals surface area (Å²) in [6.07, 6.45) is 6.55. The molecule has 15 heavy (non-hydrogen) atoms. The van der Waals surface area contributed by atoms with E-state index in [1.165, 1.54) is 19.3 Å². The molecule has 0 bridgehead atoms. The molecule has 1 spiro atoms. The molecule has 3 atom stereocenters. The van der Waals surface area contributed by atoms with Crippen molar-refractivity contribution in [1.82, 2.24) is 0 Å². The molecule has 3 fully saturated rings. The Kier molecular flexibility index (Phi) is 2.49. The predicted octanol–water partition coefficient (Wildman–Crippen LogP) is 1.69. The van der Waals surface area contributed by atoms with Crippen molar-refractivity contribution in [1.29, 1.82) is 0 Å². The van der Waals surface area contributed by atoms with Crippen molar-refractivity contribution in [2.45, 2.75) is 50.4 Å². The van der Waals surface area contributed by atoms with Crippen LogP contribution in [0.25, 0.3) is 0 Å². The molecule has 1 heterocycles. The molecule has 0 aromatic carbocycles. The van der Waals surface area contributed by atoms with E-state index in [0.29, 0.717) is 19.1 Å². The molecular weight excluding hydrogens is 192 g/mol. The van der Waals surface area contributed by atoms with Gasteiger partial charge >= 0.3 is 0 Å². The van der Waals surface area contributed by atoms with Crippen LogP contribution in [0.1, 0.15) is 38.5 Å². The Bertz CT molecular complexity index is 235. The second-order valence-electron chi connectivity index (χ2n) is 5.19. The van der Waals surface area contributed by atoms with E-state index in [1.807, 2.05) is 0 Å². The van der Waals surface area contributed by atoms with E-state index < -0.39 is 5.79 Å². The lowest BCUT2D eigenvalue weighted by Gasteiger charge is -2.36. The molecule has 3 rings (SSSR count). The molecule has 2 aliphatic carbocycles. The van der Waals surface area contributed by atoms with Crippen LogP contribution < -0.4 is 0 Å². The van der Waals surface area contributed by atoms with Gasteiger partial charge in [0.15, 0.2) is 5.79 Å². The molecule has 1 N–H and O–H groups in total. The van der Waals surface area contributed by atoms with Crippen LogP contribution in [0.15, 0.2) is 0 Å². The Labute approximate surface area is 90.8 Å². The summed E-state index contributed by atoms with van der Waals surface area (Å²) in [6, 6.07) is 0. The fourth-order valence-corrected chi connectivity index (χ4v) is 3.79. The summed E-state index contributed by atoms with van der Waals surface area (Å²) < 4.78 is 11.7. The van der Waals surface area contributed by atoms with E-state index in [0.717, 1.165) is 19.3 Å². The molecule has 86 valence electrons. The Morgan fingerprint density at radius 2 is 1.80 bits per heavy atom. The molecule has 3 heteroatoms. The highest BCUT2D eigenvalue weighted by atomic mass is 16.7. The third-order valence-corrected chi connectivity index (χ3v) is 4.39. The van der Waals surface area contributed by atoms with Gasteiger partial charge in [-0.1, -0.05) is 6.42 Å². The second-order valence-corrected chi connectivity index (χ2v) is 5.19. The van der Waals surface area contributed by atoms with Crippen LogP contribution in [-0.4, -0.2) is 30.2 Å². The SMILES string of the molecule is O[C@H]1CC[C@@H]2CCCCC3(OCCO3)[C@@H]21. The van der Waals surface area contributed by atoms with Crippen LogP contribution in [0.2, 0.25) is 0 Å². The normalized spacial score (nSPS) is 44.2. The summed E-state index contributed by atoms with van der Waals surface area (Å²) in [5.41, 5.74) is 0. The summed E-state index contributed by atoms with van der Waals surface area (Å²) in [5, 5.41) is 10.1. The summed E-state index contributed by atoms with van der Waals surface area (Å²) in [6.45, 7) is 1.41. The fourth-order valence-electron chi connectivity index (χ4n) is 3.79. The quantitative estimate of drug-likeness (QED) is 0.664. The Morgan fingerprint density at radius 3 is 2.60 bits per heavy atom. The van der Waals surface area contributed by atoms with Gasteiger partial charge in [-0.15, -0.1) is 0 Å². The molecule has 0 amide bonds. The number of aliphatic hydroxyl groups is 1. The number of rotatable bonds is 0. The third kappa shape index (κ3) is 1.52. The van der Waals surface area contributed by atoms with Gasteiger partial charge in [0.25, 0.3) is 0 Å². The second kappa shape index (κ2) is 3.72. The Balaban J connectivity index is 1.90. The predicted molar refractivity (Wildman–Crippen MR) is 55.3 cm³/mol. The lowest BCUT2D eigenvalue weighted by Crippen LogP contribution is -2.45. The van der Waals surface area contributed by atoms with Gasteiger partial charge in [-0.25, -0.2) is 0 Å². The zero-order valence-electron chi connectivity index (χ0n) is 9.15. The van der Waals surface area contributed by atoms with E-state index in [-0.39, 0.29) is 12.0 Å². The minimum absolute atomic E-state index is 0.203. The van der Waals surface area contributed by atoms with Gasteiger partial charge in [0.1, 0.15) is 0 Å². The van der Waals surface area contributed by atoms with Crippen LogP contribution in [0.5, 0.6) is 0 Å². The molecule has 0 aromatic rings. The van der Waals surface area contributed by atoms with Crippen LogP contribution in [-0.2, 0) is 9.47 Å². The van der Waals surface area contributed by atoms with Crippen molar-refractivity contribution < 1.29 is 14.6 Å². The summed E-state index contributed by atoms with van der Waals surface area (Å²) in [7, 11) is 0. The molecule has 0 radical (unpaired) electrons. The van der Waals surface area contributed by atoms with Gasteiger partial charge in [-0.05, 0) is 31.6 Å². The lowest BCUT2D eigenvalue weighted by atomic mass is 9.85. The van der Waals surface area contributed by atoms with Crippen LogP contribution >= 0.6 is 0 Å². The zero-order chi connectivity index (χ0) is 10.3.